The first-order chi connectivity index (χ1) is 16.1. The van der Waals surface area contributed by atoms with Gasteiger partial charge < -0.3 is 5.32 Å². The van der Waals surface area contributed by atoms with Gasteiger partial charge in [0, 0.05) is 17.0 Å². The Kier molecular flexibility index (Phi) is 5.58. The van der Waals surface area contributed by atoms with Crippen molar-refractivity contribution in [2.75, 3.05) is 6.54 Å². The molecule has 0 spiro atoms. The Morgan fingerprint density at radius 3 is 2.82 bits per heavy atom. The van der Waals surface area contributed by atoms with Crippen LogP contribution in [-0.4, -0.2) is 36.8 Å². The number of pyridine rings is 1. The SMILES string of the molecule is O=C(NCCn1ncc2c(=O)n(Cc3cccc(Cl)c3)cnc21)c1ccc2ccccc2n1. The molecular formula is C24H19ClN6O2. The Hall–Kier alpha value is -4.04. The van der Waals surface area contributed by atoms with Gasteiger partial charge in [-0.2, -0.15) is 5.10 Å². The zero-order chi connectivity index (χ0) is 22.8. The Bertz CT molecular complexity index is 1540. The Morgan fingerprint density at radius 1 is 1.06 bits per heavy atom. The molecule has 0 unspecified atom stereocenters. The average molecular weight is 459 g/mol. The van der Waals surface area contributed by atoms with E-state index in [0.717, 1.165) is 16.5 Å². The van der Waals surface area contributed by atoms with Gasteiger partial charge in [-0.1, -0.05) is 48.0 Å². The summed E-state index contributed by atoms with van der Waals surface area (Å²) in [4.78, 5) is 34.2. The highest BCUT2D eigenvalue weighted by atomic mass is 35.5. The summed E-state index contributed by atoms with van der Waals surface area (Å²) in [6.45, 7) is 1.05. The summed E-state index contributed by atoms with van der Waals surface area (Å²) in [6, 6.07) is 18.5. The third-order valence-corrected chi connectivity index (χ3v) is 5.54. The van der Waals surface area contributed by atoms with Crippen LogP contribution in [0.2, 0.25) is 5.02 Å². The molecule has 0 bridgehead atoms. The van der Waals surface area contributed by atoms with Crippen LogP contribution in [0.3, 0.4) is 0 Å². The predicted molar refractivity (Wildman–Crippen MR) is 126 cm³/mol. The van der Waals surface area contributed by atoms with E-state index in [4.69, 9.17) is 11.6 Å². The van der Waals surface area contributed by atoms with E-state index >= 15 is 0 Å². The van der Waals surface area contributed by atoms with Crippen molar-refractivity contribution in [2.24, 2.45) is 0 Å². The van der Waals surface area contributed by atoms with Crippen LogP contribution in [-0.2, 0) is 13.1 Å². The summed E-state index contributed by atoms with van der Waals surface area (Å²) in [7, 11) is 0. The number of amides is 1. The normalized spacial score (nSPS) is 11.2. The molecule has 0 aliphatic heterocycles. The van der Waals surface area contributed by atoms with E-state index in [1.165, 1.54) is 17.1 Å². The highest BCUT2D eigenvalue weighted by Crippen LogP contribution is 2.13. The van der Waals surface area contributed by atoms with Gasteiger partial charge in [-0.05, 0) is 29.8 Å². The van der Waals surface area contributed by atoms with Gasteiger partial charge in [0.05, 0.1) is 24.8 Å². The Morgan fingerprint density at radius 2 is 1.94 bits per heavy atom. The van der Waals surface area contributed by atoms with Gasteiger partial charge in [-0.15, -0.1) is 0 Å². The molecule has 0 atom stereocenters. The number of carbonyl (C=O) groups is 1. The molecule has 3 heterocycles. The smallest absolute Gasteiger partial charge is 0.269 e. The molecule has 0 fully saturated rings. The largest absolute Gasteiger partial charge is 0.349 e. The molecule has 33 heavy (non-hydrogen) atoms. The van der Waals surface area contributed by atoms with Crippen molar-refractivity contribution < 1.29 is 4.79 Å². The fourth-order valence-electron chi connectivity index (χ4n) is 3.66. The van der Waals surface area contributed by atoms with Crippen LogP contribution in [0.5, 0.6) is 0 Å². The average Bonchev–Trinajstić information content (AvgIpc) is 3.24. The van der Waals surface area contributed by atoms with E-state index in [2.05, 4.69) is 20.4 Å². The first-order valence-corrected chi connectivity index (χ1v) is 10.8. The molecular weight excluding hydrogens is 440 g/mol. The second kappa shape index (κ2) is 8.84. The summed E-state index contributed by atoms with van der Waals surface area (Å²) < 4.78 is 3.13. The van der Waals surface area contributed by atoms with Gasteiger partial charge in [-0.3, -0.25) is 14.2 Å². The number of nitrogens with one attached hydrogen (secondary N) is 1. The minimum Gasteiger partial charge on any atom is -0.349 e. The molecule has 0 aliphatic carbocycles. The number of hydrogen-bond acceptors (Lipinski definition) is 5. The summed E-state index contributed by atoms with van der Waals surface area (Å²) >= 11 is 6.03. The van der Waals surface area contributed by atoms with Crippen LogP contribution in [0, 0.1) is 0 Å². The molecule has 0 saturated carbocycles. The van der Waals surface area contributed by atoms with Crippen molar-refractivity contribution in [3.63, 3.8) is 0 Å². The van der Waals surface area contributed by atoms with Crippen LogP contribution in [0.1, 0.15) is 16.1 Å². The lowest BCUT2D eigenvalue weighted by atomic mass is 10.2. The molecule has 1 N–H and O–H groups in total. The molecule has 3 aromatic heterocycles. The van der Waals surface area contributed by atoms with Gasteiger partial charge in [-0.25, -0.2) is 14.6 Å². The summed E-state index contributed by atoms with van der Waals surface area (Å²) in [5.74, 6) is -0.269. The van der Waals surface area contributed by atoms with Crippen molar-refractivity contribution >= 4 is 39.4 Å². The number of nitrogens with zero attached hydrogens (tertiary/aromatic N) is 5. The molecule has 9 heteroatoms. The summed E-state index contributed by atoms with van der Waals surface area (Å²) in [5.41, 5.74) is 2.31. The molecule has 2 aromatic carbocycles. The molecule has 0 radical (unpaired) electrons. The lowest BCUT2D eigenvalue weighted by molar-refractivity contribution is 0.0947. The van der Waals surface area contributed by atoms with E-state index in [1.54, 1.807) is 16.8 Å². The number of aromatic nitrogens is 5. The fraction of sp³-hybridized carbons (Fsp3) is 0.125. The molecule has 164 valence electrons. The van der Waals surface area contributed by atoms with E-state index in [9.17, 15) is 9.59 Å². The number of para-hydroxylation sites is 1. The minimum atomic E-state index is -0.269. The van der Waals surface area contributed by atoms with Crippen LogP contribution < -0.4 is 10.9 Å². The molecule has 5 rings (SSSR count). The van der Waals surface area contributed by atoms with Crippen molar-refractivity contribution in [2.45, 2.75) is 13.1 Å². The van der Waals surface area contributed by atoms with E-state index < -0.39 is 0 Å². The van der Waals surface area contributed by atoms with Crippen LogP contribution >= 0.6 is 11.6 Å². The predicted octanol–water partition coefficient (Wildman–Crippen LogP) is 3.27. The van der Waals surface area contributed by atoms with Gasteiger partial charge in [0.2, 0.25) is 0 Å². The van der Waals surface area contributed by atoms with Gasteiger partial charge in [0.25, 0.3) is 11.5 Å². The zero-order valence-electron chi connectivity index (χ0n) is 17.5. The maximum absolute atomic E-state index is 12.9. The maximum atomic E-state index is 12.9. The highest BCUT2D eigenvalue weighted by Gasteiger charge is 2.12. The van der Waals surface area contributed by atoms with Crippen molar-refractivity contribution in [3.8, 4) is 0 Å². The molecule has 0 aliphatic rings. The zero-order valence-corrected chi connectivity index (χ0v) is 18.2. The van der Waals surface area contributed by atoms with Crippen molar-refractivity contribution in [1.29, 1.82) is 0 Å². The first kappa shape index (κ1) is 20.8. The van der Waals surface area contributed by atoms with Crippen LogP contribution in [0.4, 0.5) is 0 Å². The first-order valence-electron chi connectivity index (χ1n) is 10.4. The maximum Gasteiger partial charge on any atom is 0.269 e. The van der Waals surface area contributed by atoms with Crippen LogP contribution in [0.25, 0.3) is 21.9 Å². The minimum absolute atomic E-state index is 0.185. The Balaban J connectivity index is 1.27. The molecule has 1 amide bonds. The number of benzene rings is 2. The summed E-state index contributed by atoms with van der Waals surface area (Å²) in [6.07, 6.45) is 3.01. The number of fused-ring (bicyclic) bond motifs is 2. The van der Waals surface area contributed by atoms with Crippen LogP contribution in [0.15, 0.2) is 78.0 Å². The number of hydrogen-bond donors (Lipinski definition) is 1. The standard InChI is InChI=1S/C24H19ClN6O2/c25-18-6-3-4-16(12-18)14-30-15-27-22-19(24(30)33)13-28-31(22)11-10-26-23(32)21-9-8-17-5-1-2-7-20(17)29-21/h1-9,12-13,15H,10-11,14H2,(H,26,32). The van der Waals surface area contributed by atoms with E-state index in [0.29, 0.717) is 41.4 Å². The lowest BCUT2D eigenvalue weighted by Gasteiger charge is -2.08. The van der Waals surface area contributed by atoms with Crippen molar-refractivity contribution in [1.82, 2.24) is 29.6 Å². The summed E-state index contributed by atoms with van der Waals surface area (Å²) in [5, 5.41) is 9.14. The molecule has 0 saturated heterocycles. The highest BCUT2D eigenvalue weighted by molar-refractivity contribution is 6.30. The van der Waals surface area contributed by atoms with Gasteiger partial charge >= 0.3 is 0 Å². The quantitative estimate of drug-likeness (QED) is 0.421. The van der Waals surface area contributed by atoms with Gasteiger partial charge in [0.1, 0.15) is 17.4 Å². The number of halogens is 1. The number of rotatable bonds is 6. The second-order valence-corrected chi connectivity index (χ2v) is 7.99. The van der Waals surface area contributed by atoms with E-state index in [-0.39, 0.29) is 11.5 Å². The lowest BCUT2D eigenvalue weighted by Crippen LogP contribution is -2.28. The number of carbonyl (C=O) groups excluding carboxylic acids is 1. The monoisotopic (exact) mass is 458 g/mol. The second-order valence-electron chi connectivity index (χ2n) is 7.56. The van der Waals surface area contributed by atoms with E-state index in [1.807, 2.05) is 48.5 Å². The third-order valence-electron chi connectivity index (χ3n) is 5.30. The van der Waals surface area contributed by atoms with Gasteiger partial charge in [0.15, 0.2) is 5.65 Å². The topological polar surface area (TPSA) is 94.7 Å². The molecule has 5 aromatic rings. The third kappa shape index (κ3) is 4.33. The fourth-order valence-corrected chi connectivity index (χ4v) is 3.88. The Labute approximate surface area is 193 Å². The molecule has 8 nitrogen and oxygen atoms in total. The van der Waals surface area contributed by atoms with Crippen molar-refractivity contribution in [3.05, 3.63) is 99.8 Å².